The summed E-state index contributed by atoms with van der Waals surface area (Å²) in [5.41, 5.74) is 3.55. The van der Waals surface area contributed by atoms with E-state index < -0.39 is 0 Å². The summed E-state index contributed by atoms with van der Waals surface area (Å²) in [4.78, 5) is 11.3. The Morgan fingerprint density at radius 2 is 1.82 bits per heavy atom. The highest BCUT2D eigenvalue weighted by Gasteiger charge is 2.20. The highest BCUT2D eigenvalue weighted by molar-refractivity contribution is 5.81. The molecule has 0 saturated carbocycles. The van der Waals surface area contributed by atoms with Crippen molar-refractivity contribution in [2.75, 3.05) is 7.11 Å². The maximum Gasteiger partial charge on any atom is 0.165 e. The van der Waals surface area contributed by atoms with Crippen LogP contribution in [0.1, 0.15) is 46.8 Å². The van der Waals surface area contributed by atoms with Gasteiger partial charge >= 0.3 is 0 Å². The van der Waals surface area contributed by atoms with E-state index in [1.54, 1.807) is 7.11 Å². The van der Waals surface area contributed by atoms with Gasteiger partial charge < -0.3 is 9.47 Å². The predicted molar refractivity (Wildman–Crippen MR) is 88.0 cm³/mol. The Balaban J connectivity index is 2.41. The second-order valence-corrected chi connectivity index (χ2v) is 5.61. The van der Waals surface area contributed by atoms with Crippen LogP contribution in [-0.4, -0.2) is 13.4 Å². The first-order chi connectivity index (χ1) is 10.6. The predicted octanol–water partition coefficient (Wildman–Crippen LogP) is 4.52. The molecule has 0 aliphatic heterocycles. The van der Waals surface area contributed by atoms with E-state index in [-0.39, 0.29) is 5.92 Å². The number of hydrogen-bond acceptors (Lipinski definition) is 3. The Labute approximate surface area is 131 Å². The summed E-state index contributed by atoms with van der Waals surface area (Å²) >= 11 is 0. The van der Waals surface area contributed by atoms with E-state index in [0.717, 1.165) is 23.0 Å². The van der Waals surface area contributed by atoms with E-state index in [1.807, 2.05) is 57.2 Å². The third-order valence-electron chi connectivity index (χ3n) is 3.63. The molecule has 3 nitrogen and oxygen atoms in total. The maximum absolute atomic E-state index is 11.3. The molecular weight excluding hydrogens is 276 g/mol. The maximum atomic E-state index is 11.3. The molecule has 0 atom stereocenters. The van der Waals surface area contributed by atoms with Crippen LogP contribution in [0.2, 0.25) is 0 Å². The largest absolute Gasteiger partial charge is 0.493 e. The van der Waals surface area contributed by atoms with Gasteiger partial charge in [0, 0.05) is 11.1 Å². The molecule has 0 N–H and O–H groups in total. The lowest BCUT2D eigenvalue weighted by molar-refractivity contribution is 0.112. The van der Waals surface area contributed by atoms with Gasteiger partial charge in [0.1, 0.15) is 12.9 Å². The molecule has 22 heavy (non-hydrogen) atoms. The SMILES string of the molecule is COc1c(OCc2ccccc2)c(C)cc(C=O)c1C(C)C. The summed E-state index contributed by atoms with van der Waals surface area (Å²) in [5, 5.41) is 0. The Bertz CT molecular complexity index is 645. The second-order valence-electron chi connectivity index (χ2n) is 5.61. The van der Waals surface area contributed by atoms with Crippen molar-refractivity contribution in [1.82, 2.24) is 0 Å². The minimum atomic E-state index is 0.176. The van der Waals surface area contributed by atoms with Crippen molar-refractivity contribution in [2.24, 2.45) is 0 Å². The lowest BCUT2D eigenvalue weighted by Gasteiger charge is -2.20. The normalized spacial score (nSPS) is 10.6. The lowest BCUT2D eigenvalue weighted by atomic mass is 9.94. The summed E-state index contributed by atoms with van der Waals surface area (Å²) in [6.45, 7) is 6.48. The fourth-order valence-electron chi connectivity index (χ4n) is 2.61. The van der Waals surface area contributed by atoms with Crippen LogP contribution in [0.4, 0.5) is 0 Å². The smallest absolute Gasteiger partial charge is 0.165 e. The van der Waals surface area contributed by atoms with E-state index in [2.05, 4.69) is 0 Å². The molecule has 2 aromatic rings. The van der Waals surface area contributed by atoms with E-state index >= 15 is 0 Å². The summed E-state index contributed by atoms with van der Waals surface area (Å²) in [6.07, 6.45) is 0.881. The molecule has 0 amide bonds. The van der Waals surface area contributed by atoms with Crippen molar-refractivity contribution < 1.29 is 14.3 Å². The van der Waals surface area contributed by atoms with Crippen molar-refractivity contribution in [2.45, 2.75) is 33.3 Å². The number of hydrogen-bond donors (Lipinski definition) is 0. The summed E-state index contributed by atoms with van der Waals surface area (Å²) in [5.74, 6) is 1.54. The van der Waals surface area contributed by atoms with Gasteiger partial charge in [0.15, 0.2) is 11.5 Å². The molecule has 0 radical (unpaired) electrons. The summed E-state index contributed by atoms with van der Waals surface area (Å²) < 4.78 is 11.6. The van der Waals surface area contributed by atoms with E-state index in [0.29, 0.717) is 23.7 Å². The number of benzene rings is 2. The molecule has 0 saturated heterocycles. The number of carbonyl (C=O) groups excluding carboxylic acids is 1. The van der Waals surface area contributed by atoms with Gasteiger partial charge in [-0.15, -0.1) is 0 Å². The van der Waals surface area contributed by atoms with Crippen LogP contribution in [0.15, 0.2) is 36.4 Å². The summed E-state index contributed by atoms with van der Waals surface area (Å²) in [6, 6.07) is 11.8. The number of aryl methyl sites for hydroxylation is 1. The molecule has 0 aromatic heterocycles. The van der Waals surface area contributed by atoms with Gasteiger partial charge in [-0.1, -0.05) is 44.2 Å². The van der Waals surface area contributed by atoms with Crippen LogP contribution < -0.4 is 9.47 Å². The molecule has 0 heterocycles. The van der Waals surface area contributed by atoms with E-state index in [9.17, 15) is 4.79 Å². The molecule has 3 heteroatoms. The van der Waals surface area contributed by atoms with Gasteiger partial charge in [-0.3, -0.25) is 4.79 Å². The van der Waals surface area contributed by atoms with Crippen LogP contribution in [0, 0.1) is 6.92 Å². The lowest BCUT2D eigenvalue weighted by Crippen LogP contribution is -2.06. The van der Waals surface area contributed by atoms with Crippen LogP contribution in [0.5, 0.6) is 11.5 Å². The van der Waals surface area contributed by atoms with Crippen LogP contribution in [0.3, 0.4) is 0 Å². The first-order valence-corrected chi connectivity index (χ1v) is 7.41. The van der Waals surface area contributed by atoms with Crippen molar-refractivity contribution >= 4 is 6.29 Å². The number of aldehydes is 1. The third-order valence-corrected chi connectivity index (χ3v) is 3.63. The zero-order valence-electron chi connectivity index (χ0n) is 13.6. The molecule has 116 valence electrons. The van der Waals surface area contributed by atoms with Crippen LogP contribution >= 0.6 is 0 Å². The number of methoxy groups -OCH3 is 1. The van der Waals surface area contributed by atoms with Crippen LogP contribution in [0.25, 0.3) is 0 Å². The van der Waals surface area contributed by atoms with Gasteiger partial charge in [-0.2, -0.15) is 0 Å². The fourth-order valence-corrected chi connectivity index (χ4v) is 2.61. The highest BCUT2D eigenvalue weighted by Crippen LogP contribution is 2.40. The molecule has 0 unspecified atom stereocenters. The van der Waals surface area contributed by atoms with Gasteiger partial charge in [0.2, 0.25) is 0 Å². The Morgan fingerprint density at radius 3 is 2.36 bits per heavy atom. The number of ether oxygens (including phenoxy) is 2. The van der Waals surface area contributed by atoms with Crippen LogP contribution in [-0.2, 0) is 6.61 Å². The molecule has 2 rings (SSSR count). The zero-order chi connectivity index (χ0) is 16.1. The Kier molecular flexibility index (Phi) is 5.21. The standard InChI is InChI=1S/C19H22O3/c1-13(2)17-16(11-20)10-14(3)18(19(17)21-4)22-12-15-8-6-5-7-9-15/h5-11,13H,12H2,1-4H3. The van der Waals surface area contributed by atoms with E-state index in [4.69, 9.17) is 9.47 Å². The van der Waals surface area contributed by atoms with Gasteiger partial charge in [-0.05, 0) is 30.0 Å². The van der Waals surface area contributed by atoms with Crippen molar-refractivity contribution in [3.8, 4) is 11.5 Å². The number of rotatable bonds is 6. The van der Waals surface area contributed by atoms with E-state index in [1.165, 1.54) is 0 Å². The summed E-state index contributed by atoms with van der Waals surface area (Å²) in [7, 11) is 1.62. The third kappa shape index (κ3) is 3.30. The zero-order valence-corrected chi connectivity index (χ0v) is 13.6. The molecule has 0 aliphatic rings. The fraction of sp³-hybridized carbons (Fsp3) is 0.316. The van der Waals surface area contributed by atoms with Gasteiger partial charge in [0.25, 0.3) is 0 Å². The quantitative estimate of drug-likeness (QED) is 0.736. The van der Waals surface area contributed by atoms with Gasteiger partial charge in [-0.25, -0.2) is 0 Å². The molecule has 0 spiro atoms. The molecule has 0 aliphatic carbocycles. The topological polar surface area (TPSA) is 35.5 Å². The van der Waals surface area contributed by atoms with Crippen molar-refractivity contribution in [3.05, 3.63) is 58.7 Å². The average Bonchev–Trinajstić information content (AvgIpc) is 2.53. The van der Waals surface area contributed by atoms with Gasteiger partial charge in [0.05, 0.1) is 7.11 Å². The minimum Gasteiger partial charge on any atom is -0.493 e. The molecule has 0 fully saturated rings. The minimum absolute atomic E-state index is 0.176. The highest BCUT2D eigenvalue weighted by atomic mass is 16.5. The Morgan fingerprint density at radius 1 is 1.14 bits per heavy atom. The number of carbonyl (C=O) groups is 1. The second kappa shape index (κ2) is 7.12. The Hall–Kier alpha value is -2.29. The molecule has 2 aromatic carbocycles. The first-order valence-electron chi connectivity index (χ1n) is 7.41. The monoisotopic (exact) mass is 298 g/mol. The first kappa shape index (κ1) is 16.1. The molecular formula is C19H22O3. The van der Waals surface area contributed by atoms with Crippen molar-refractivity contribution in [3.63, 3.8) is 0 Å². The van der Waals surface area contributed by atoms with Crippen molar-refractivity contribution in [1.29, 1.82) is 0 Å². The molecule has 0 bridgehead atoms. The average molecular weight is 298 g/mol.